The number of ether oxygens (including phenoxy) is 3. The van der Waals surface area contributed by atoms with Crippen molar-refractivity contribution in [3.8, 4) is 0 Å². The van der Waals surface area contributed by atoms with Crippen LogP contribution in [-0.2, 0) is 19.0 Å². The molecule has 2 heterocycles. The lowest BCUT2D eigenvalue weighted by Crippen LogP contribution is -2.37. The van der Waals surface area contributed by atoms with E-state index in [1.165, 1.54) is 13.2 Å². The Morgan fingerprint density at radius 1 is 1.18 bits per heavy atom. The van der Waals surface area contributed by atoms with Crippen molar-refractivity contribution in [2.75, 3.05) is 33.5 Å². The maximum atomic E-state index is 14.5. The topological polar surface area (TPSA) is 82.0 Å². The molecule has 0 amide bonds. The van der Waals surface area contributed by atoms with Gasteiger partial charge in [0.25, 0.3) is 0 Å². The minimum absolute atomic E-state index is 0.000938. The summed E-state index contributed by atoms with van der Waals surface area (Å²) in [5.41, 5.74) is 0.258. The molecule has 1 aliphatic rings. The summed E-state index contributed by atoms with van der Waals surface area (Å²) in [6.45, 7) is 2.10. The molecule has 0 fully saturated rings. The van der Waals surface area contributed by atoms with Gasteiger partial charge in [0.2, 0.25) is 0 Å². The van der Waals surface area contributed by atoms with Gasteiger partial charge >= 0.3 is 5.97 Å². The molecular formula is C22H21ClF3N3O4. The van der Waals surface area contributed by atoms with Crippen molar-refractivity contribution >= 4 is 23.4 Å². The van der Waals surface area contributed by atoms with Crippen LogP contribution in [0.3, 0.4) is 0 Å². The van der Waals surface area contributed by atoms with Crippen molar-refractivity contribution in [3.05, 3.63) is 75.5 Å². The molecule has 11 heteroatoms. The summed E-state index contributed by atoms with van der Waals surface area (Å²) in [7, 11) is 1.51. The van der Waals surface area contributed by atoms with Gasteiger partial charge in [-0.15, -0.1) is 0 Å². The zero-order chi connectivity index (χ0) is 24.0. The molecule has 2 aromatic rings. The van der Waals surface area contributed by atoms with E-state index in [-0.39, 0.29) is 53.2 Å². The summed E-state index contributed by atoms with van der Waals surface area (Å²) in [5, 5.41) is 2.85. The Bertz CT molecular complexity index is 1090. The van der Waals surface area contributed by atoms with Gasteiger partial charge < -0.3 is 19.5 Å². The molecular weight excluding hydrogens is 463 g/mol. The minimum atomic E-state index is -1.10. The van der Waals surface area contributed by atoms with E-state index in [9.17, 15) is 18.0 Å². The molecule has 0 radical (unpaired) electrons. The highest BCUT2D eigenvalue weighted by Crippen LogP contribution is 2.36. The molecule has 0 aliphatic carbocycles. The molecule has 1 N–H and O–H groups in total. The van der Waals surface area contributed by atoms with E-state index < -0.39 is 29.5 Å². The second-order valence-corrected chi connectivity index (χ2v) is 7.22. The average molecular weight is 484 g/mol. The lowest BCUT2D eigenvalue weighted by molar-refractivity contribution is -0.139. The number of esters is 1. The van der Waals surface area contributed by atoms with E-state index in [1.54, 1.807) is 6.92 Å². The van der Waals surface area contributed by atoms with Gasteiger partial charge in [-0.05, 0) is 19.1 Å². The van der Waals surface area contributed by atoms with Crippen molar-refractivity contribution in [1.82, 2.24) is 10.3 Å². The van der Waals surface area contributed by atoms with Crippen LogP contribution in [0.1, 0.15) is 24.2 Å². The number of methoxy groups -OCH3 is 1. The first-order valence-corrected chi connectivity index (χ1v) is 10.3. The highest BCUT2D eigenvalue weighted by Gasteiger charge is 2.34. The van der Waals surface area contributed by atoms with Gasteiger partial charge in [-0.3, -0.25) is 4.99 Å². The molecule has 1 aromatic heterocycles. The fourth-order valence-corrected chi connectivity index (χ4v) is 3.40. The fourth-order valence-electron chi connectivity index (χ4n) is 3.13. The van der Waals surface area contributed by atoms with E-state index in [4.69, 9.17) is 25.8 Å². The molecule has 0 saturated heterocycles. The third kappa shape index (κ3) is 5.89. The van der Waals surface area contributed by atoms with Crippen LogP contribution in [-0.4, -0.2) is 50.3 Å². The molecule has 0 saturated carbocycles. The van der Waals surface area contributed by atoms with E-state index in [1.807, 2.05) is 0 Å². The van der Waals surface area contributed by atoms with Gasteiger partial charge in [-0.25, -0.2) is 22.9 Å². The van der Waals surface area contributed by atoms with Crippen molar-refractivity contribution in [1.29, 1.82) is 0 Å². The molecule has 0 bridgehead atoms. The van der Waals surface area contributed by atoms with Crippen molar-refractivity contribution in [3.63, 3.8) is 0 Å². The van der Waals surface area contributed by atoms with Gasteiger partial charge in [0.1, 0.15) is 23.4 Å². The van der Waals surface area contributed by atoms with Crippen LogP contribution < -0.4 is 5.32 Å². The molecule has 1 aromatic carbocycles. The van der Waals surface area contributed by atoms with Gasteiger partial charge in [-0.2, -0.15) is 0 Å². The number of aliphatic imine (C=N–C) groups is 1. The molecule has 1 atom stereocenters. The smallest absolute Gasteiger partial charge is 0.338 e. The number of hydrogen-bond acceptors (Lipinski definition) is 7. The number of halogens is 4. The first-order chi connectivity index (χ1) is 15.8. The first-order valence-electron chi connectivity index (χ1n) is 9.93. The second kappa shape index (κ2) is 11.3. The van der Waals surface area contributed by atoms with Crippen LogP contribution in [0.2, 0.25) is 5.02 Å². The monoisotopic (exact) mass is 483 g/mol. The molecule has 0 spiro atoms. The maximum absolute atomic E-state index is 14.5. The Morgan fingerprint density at radius 3 is 2.64 bits per heavy atom. The Hall–Kier alpha value is -2.95. The number of amidine groups is 1. The summed E-state index contributed by atoms with van der Waals surface area (Å²) < 4.78 is 57.3. The van der Waals surface area contributed by atoms with Crippen LogP contribution in [0.25, 0.3) is 0 Å². The minimum Gasteiger partial charge on any atom is -0.463 e. The lowest BCUT2D eigenvalue weighted by atomic mass is 9.95. The fraction of sp³-hybridized carbons (Fsp3) is 0.318. The molecule has 1 aliphatic heterocycles. The van der Waals surface area contributed by atoms with E-state index in [2.05, 4.69) is 15.3 Å². The highest BCUT2D eigenvalue weighted by molar-refractivity contribution is 6.31. The summed E-state index contributed by atoms with van der Waals surface area (Å²) in [5.74, 6) is -3.22. The molecule has 33 heavy (non-hydrogen) atoms. The summed E-state index contributed by atoms with van der Waals surface area (Å²) >= 11 is 6.26. The number of nitrogens with one attached hydrogen (secondary N) is 1. The second-order valence-electron chi connectivity index (χ2n) is 6.81. The average Bonchev–Trinajstić information content (AvgIpc) is 2.76. The third-order valence-electron chi connectivity index (χ3n) is 4.59. The SMILES string of the molecule is CCOC(=O)C1=C(COCCOC)NC(c2ncc(F)cc2F)=NC1c1ccc(F)cc1Cl. The van der Waals surface area contributed by atoms with Crippen molar-refractivity contribution in [2.45, 2.75) is 13.0 Å². The standard InChI is InChI=1S/C22H21ClF3N3O4/c1-3-33-22(30)18-17(11-32-7-6-31-2)28-21(20-16(26)9-13(25)10-27-20)29-19(18)14-5-4-12(24)8-15(14)23/h4-5,8-10,19H,3,6-7,11H2,1-2H3,(H,28,29). The van der Waals surface area contributed by atoms with Crippen LogP contribution in [0.4, 0.5) is 13.2 Å². The Balaban J connectivity index is 2.14. The van der Waals surface area contributed by atoms with Crippen LogP contribution in [0, 0.1) is 17.5 Å². The number of carbonyl (C=O) groups excluding carboxylic acids is 1. The van der Waals surface area contributed by atoms with Crippen LogP contribution in [0.15, 0.2) is 46.7 Å². The number of aromatic nitrogens is 1. The predicted octanol–water partition coefficient (Wildman–Crippen LogP) is 3.72. The predicted molar refractivity (Wildman–Crippen MR) is 114 cm³/mol. The molecule has 3 rings (SSSR count). The highest BCUT2D eigenvalue weighted by atomic mass is 35.5. The largest absolute Gasteiger partial charge is 0.463 e. The van der Waals surface area contributed by atoms with E-state index >= 15 is 0 Å². The van der Waals surface area contributed by atoms with Crippen LogP contribution >= 0.6 is 11.6 Å². The number of carbonyl (C=O) groups is 1. The normalized spacial score (nSPS) is 15.8. The number of rotatable bonds is 9. The Labute approximate surface area is 193 Å². The maximum Gasteiger partial charge on any atom is 0.338 e. The third-order valence-corrected chi connectivity index (χ3v) is 4.92. The number of benzene rings is 1. The summed E-state index contributed by atoms with van der Waals surface area (Å²) in [6.07, 6.45) is 0.835. The Kier molecular flexibility index (Phi) is 8.43. The lowest BCUT2D eigenvalue weighted by Gasteiger charge is -2.28. The van der Waals surface area contributed by atoms with Gasteiger partial charge in [0, 0.05) is 23.8 Å². The number of pyridine rings is 1. The van der Waals surface area contributed by atoms with Gasteiger partial charge in [-0.1, -0.05) is 17.7 Å². The zero-order valence-corrected chi connectivity index (χ0v) is 18.6. The van der Waals surface area contributed by atoms with Crippen molar-refractivity contribution < 1.29 is 32.2 Å². The number of nitrogens with zero attached hydrogens (tertiary/aromatic N) is 2. The van der Waals surface area contributed by atoms with E-state index in [0.717, 1.165) is 18.3 Å². The first kappa shape index (κ1) is 24.7. The summed E-state index contributed by atoms with van der Waals surface area (Å²) in [4.78, 5) is 21.1. The van der Waals surface area contributed by atoms with Crippen LogP contribution in [0.5, 0.6) is 0 Å². The quantitative estimate of drug-likeness (QED) is 0.432. The van der Waals surface area contributed by atoms with Gasteiger partial charge in [0.05, 0.1) is 43.9 Å². The number of hydrogen-bond donors (Lipinski definition) is 1. The molecule has 176 valence electrons. The van der Waals surface area contributed by atoms with Crippen molar-refractivity contribution in [2.24, 2.45) is 4.99 Å². The zero-order valence-electron chi connectivity index (χ0n) is 17.8. The van der Waals surface area contributed by atoms with E-state index in [0.29, 0.717) is 12.7 Å². The van der Waals surface area contributed by atoms with Gasteiger partial charge in [0.15, 0.2) is 11.7 Å². The molecule has 7 nitrogen and oxygen atoms in total. The molecule has 1 unspecified atom stereocenters. The Morgan fingerprint density at radius 2 is 1.97 bits per heavy atom. The summed E-state index contributed by atoms with van der Waals surface area (Å²) in [6, 6.07) is 3.16.